The molecule has 0 aliphatic rings. The summed E-state index contributed by atoms with van der Waals surface area (Å²) in [7, 11) is 0. The molecule has 16 heavy (non-hydrogen) atoms. The topological polar surface area (TPSA) is 15.3 Å². The van der Waals surface area contributed by atoms with Gasteiger partial charge < -0.3 is 10.2 Å². The van der Waals surface area contributed by atoms with E-state index in [-0.39, 0.29) is 0 Å². The predicted molar refractivity (Wildman–Crippen MR) is 74.9 cm³/mol. The third kappa shape index (κ3) is 3.81. The van der Waals surface area contributed by atoms with Crippen LogP contribution in [-0.4, -0.2) is 18.2 Å². The van der Waals surface area contributed by atoms with E-state index in [1.165, 1.54) is 0 Å². The molecule has 0 aromatic heterocycles. The molecule has 1 aromatic rings. The Labute approximate surface area is 104 Å². The minimum absolute atomic E-state index is 0.604. The van der Waals surface area contributed by atoms with E-state index in [0.717, 1.165) is 23.9 Å². The van der Waals surface area contributed by atoms with E-state index in [0.29, 0.717) is 5.92 Å². The molecule has 0 radical (unpaired) electrons. The van der Waals surface area contributed by atoms with Crippen LogP contribution in [0.4, 0.5) is 5.69 Å². The van der Waals surface area contributed by atoms with Crippen molar-refractivity contribution in [2.75, 3.05) is 18.0 Å². The Morgan fingerprint density at radius 3 is 2.44 bits per heavy atom. The number of nitrogens with one attached hydrogen (secondary N) is 1. The Bertz CT molecular complexity index is 322. The molecule has 0 spiro atoms. The standard InChI is InChI=1S/C13H20N2S/c1-4-15(12-8-6-5-7-9-12)13(16)14-10-11(2)3/h5-9,11H,4,10H2,1-3H3,(H,14,16). The lowest BCUT2D eigenvalue weighted by atomic mass is 10.2. The van der Waals surface area contributed by atoms with E-state index in [1.807, 2.05) is 18.2 Å². The van der Waals surface area contributed by atoms with Crippen molar-refractivity contribution in [1.29, 1.82) is 0 Å². The maximum Gasteiger partial charge on any atom is 0.173 e. The smallest absolute Gasteiger partial charge is 0.173 e. The summed E-state index contributed by atoms with van der Waals surface area (Å²) in [5.41, 5.74) is 1.14. The molecule has 1 aromatic carbocycles. The van der Waals surface area contributed by atoms with Gasteiger partial charge >= 0.3 is 0 Å². The summed E-state index contributed by atoms with van der Waals surface area (Å²) in [5, 5.41) is 4.10. The van der Waals surface area contributed by atoms with Gasteiger partial charge in [0, 0.05) is 18.8 Å². The van der Waals surface area contributed by atoms with Gasteiger partial charge in [0.15, 0.2) is 5.11 Å². The average Bonchev–Trinajstić information content (AvgIpc) is 2.29. The lowest BCUT2D eigenvalue weighted by Gasteiger charge is -2.25. The molecule has 88 valence electrons. The van der Waals surface area contributed by atoms with Crippen LogP contribution < -0.4 is 10.2 Å². The van der Waals surface area contributed by atoms with Crippen LogP contribution in [0.15, 0.2) is 30.3 Å². The van der Waals surface area contributed by atoms with Gasteiger partial charge in [-0.2, -0.15) is 0 Å². The van der Waals surface area contributed by atoms with E-state index < -0.39 is 0 Å². The number of para-hydroxylation sites is 1. The quantitative estimate of drug-likeness (QED) is 0.809. The summed E-state index contributed by atoms with van der Waals surface area (Å²) in [4.78, 5) is 2.11. The summed E-state index contributed by atoms with van der Waals surface area (Å²) >= 11 is 5.39. The van der Waals surface area contributed by atoms with Gasteiger partial charge in [0.25, 0.3) is 0 Å². The first-order valence-corrected chi connectivity index (χ1v) is 6.16. The molecule has 0 heterocycles. The normalized spacial score (nSPS) is 10.2. The van der Waals surface area contributed by atoms with Crippen LogP contribution in [0.5, 0.6) is 0 Å². The van der Waals surface area contributed by atoms with E-state index in [1.54, 1.807) is 0 Å². The van der Waals surface area contributed by atoms with Crippen molar-refractivity contribution in [3.8, 4) is 0 Å². The second kappa shape index (κ2) is 6.48. The Balaban J connectivity index is 2.64. The molecule has 0 unspecified atom stereocenters. The van der Waals surface area contributed by atoms with Crippen LogP contribution in [0, 0.1) is 5.92 Å². The summed E-state index contributed by atoms with van der Waals surface area (Å²) in [6.45, 7) is 8.26. The monoisotopic (exact) mass is 236 g/mol. The zero-order valence-corrected chi connectivity index (χ0v) is 11.1. The maximum absolute atomic E-state index is 5.39. The molecule has 0 fully saturated rings. The second-order valence-electron chi connectivity index (χ2n) is 4.16. The number of thiocarbonyl (C=S) groups is 1. The van der Waals surface area contributed by atoms with Gasteiger partial charge in [0.05, 0.1) is 0 Å². The van der Waals surface area contributed by atoms with Crippen molar-refractivity contribution < 1.29 is 0 Å². The minimum Gasteiger partial charge on any atom is -0.362 e. The second-order valence-corrected chi connectivity index (χ2v) is 4.55. The Morgan fingerprint density at radius 2 is 1.94 bits per heavy atom. The highest BCUT2D eigenvalue weighted by atomic mass is 32.1. The zero-order chi connectivity index (χ0) is 12.0. The molecule has 1 rings (SSSR count). The molecule has 0 bridgehead atoms. The lowest BCUT2D eigenvalue weighted by molar-refractivity contribution is 0.624. The fraction of sp³-hybridized carbons (Fsp3) is 0.462. The summed E-state index contributed by atoms with van der Waals surface area (Å²) in [6, 6.07) is 10.2. The average molecular weight is 236 g/mol. The van der Waals surface area contributed by atoms with Crippen molar-refractivity contribution >= 4 is 23.0 Å². The van der Waals surface area contributed by atoms with E-state index in [4.69, 9.17) is 12.2 Å². The highest BCUT2D eigenvalue weighted by Crippen LogP contribution is 2.12. The third-order valence-electron chi connectivity index (χ3n) is 2.29. The maximum atomic E-state index is 5.39. The molecular weight excluding hydrogens is 216 g/mol. The first-order valence-electron chi connectivity index (χ1n) is 5.75. The third-order valence-corrected chi connectivity index (χ3v) is 2.66. The first-order chi connectivity index (χ1) is 7.65. The summed E-state index contributed by atoms with van der Waals surface area (Å²) in [5.74, 6) is 0.604. The molecule has 0 aliphatic carbocycles. The van der Waals surface area contributed by atoms with E-state index in [9.17, 15) is 0 Å². The molecule has 0 saturated carbocycles. The Kier molecular flexibility index (Phi) is 5.26. The van der Waals surface area contributed by atoms with Crippen molar-refractivity contribution in [3.05, 3.63) is 30.3 Å². The molecule has 1 N–H and O–H groups in total. The largest absolute Gasteiger partial charge is 0.362 e. The highest BCUT2D eigenvalue weighted by molar-refractivity contribution is 7.80. The number of hydrogen-bond acceptors (Lipinski definition) is 1. The number of nitrogens with zero attached hydrogens (tertiary/aromatic N) is 1. The number of anilines is 1. The minimum atomic E-state index is 0.604. The Morgan fingerprint density at radius 1 is 1.31 bits per heavy atom. The van der Waals surface area contributed by atoms with Crippen LogP contribution in [0.1, 0.15) is 20.8 Å². The molecule has 0 amide bonds. The van der Waals surface area contributed by atoms with E-state index in [2.05, 4.69) is 43.1 Å². The van der Waals surface area contributed by atoms with Gasteiger partial charge in [-0.15, -0.1) is 0 Å². The molecule has 0 atom stereocenters. The van der Waals surface area contributed by atoms with Gasteiger partial charge in [-0.05, 0) is 37.2 Å². The van der Waals surface area contributed by atoms with Crippen molar-refractivity contribution in [2.24, 2.45) is 5.92 Å². The van der Waals surface area contributed by atoms with Crippen molar-refractivity contribution in [2.45, 2.75) is 20.8 Å². The molecule has 3 heteroatoms. The fourth-order valence-corrected chi connectivity index (χ4v) is 1.76. The van der Waals surface area contributed by atoms with Gasteiger partial charge in [-0.25, -0.2) is 0 Å². The van der Waals surface area contributed by atoms with Gasteiger partial charge in [0.2, 0.25) is 0 Å². The highest BCUT2D eigenvalue weighted by Gasteiger charge is 2.09. The van der Waals surface area contributed by atoms with Crippen LogP contribution in [0.25, 0.3) is 0 Å². The van der Waals surface area contributed by atoms with E-state index >= 15 is 0 Å². The number of benzene rings is 1. The molecule has 0 aliphatic heterocycles. The number of hydrogen-bond donors (Lipinski definition) is 1. The first kappa shape index (κ1) is 13.0. The SMILES string of the molecule is CCN(C(=S)NCC(C)C)c1ccccc1. The van der Waals surface area contributed by atoms with Gasteiger partial charge in [-0.3, -0.25) is 0 Å². The fourth-order valence-electron chi connectivity index (χ4n) is 1.44. The van der Waals surface area contributed by atoms with Crippen LogP contribution in [-0.2, 0) is 0 Å². The predicted octanol–water partition coefficient (Wildman–Crippen LogP) is 3.04. The zero-order valence-electron chi connectivity index (χ0n) is 10.2. The Hall–Kier alpha value is -1.09. The lowest BCUT2D eigenvalue weighted by Crippen LogP contribution is -2.41. The van der Waals surface area contributed by atoms with Crippen LogP contribution >= 0.6 is 12.2 Å². The van der Waals surface area contributed by atoms with Crippen LogP contribution in [0.2, 0.25) is 0 Å². The summed E-state index contributed by atoms with van der Waals surface area (Å²) in [6.07, 6.45) is 0. The summed E-state index contributed by atoms with van der Waals surface area (Å²) < 4.78 is 0. The molecule has 2 nitrogen and oxygen atoms in total. The van der Waals surface area contributed by atoms with Gasteiger partial charge in [0.1, 0.15) is 0 Å². The van der Waals surface area contributed by atoms with Crippen molar-refractivity contribution in [1.82, 2.24) is 5.32 Å². The number of rotatable bonds is 4. The van der Waals surface area contributed by atoms with Gasteiger partial charge in [-0.1, -0.05) is 32.0 Å². The van der Waals surface area contributed by atoms with Crippen molar-refractivity contribution in [3.63, 3.8) is 0 Å². The molecular formula is C13H20N2S. The molecule has 0 saturated heterocycles. The van der Waals surface area contributed by atoms with Crippen LogP contribution in [0.3, 0.4) is 0 Å².